The van der Waals surface area contributed by atoms with Crippen LogP contribution in [0.15, 0.2) is 84.9 Å². The molecule has 0 atom stereocenters. The van der Waals surface area contributed by atoms with Gasteiger partial charge in [0.2, 0.25) is 5.91 Å². The van der Waals surface area contributed by atoms with Crippen molar-refractivity contribution in [2.24, 2.45) is 0 Å². The van der Waals surface area contributed by atoms with Crippen molar-refractivity contribution in [3.63, 3.8) is 0 Å². The molecule has 2 fully saturated rings. The van der Waals surface area contributed by atoms with E-state index >= 15 is 0 Å². The molecule has 0 N–H and O–H groups in total. The SMILES string of the molecule is CN(C)C(=O)CN1CN(c2ccccc2)C2(CCN(C(=O)c3ccc(-c4ccccc4)cc3)CC2)C1=O. The van der Waals surface area contributed by atoms with Gasteiger partial charge in [-0.1, -0.05) is 60.7 Å². The van der Waals surface area contributed by atoms with Crippen molar-refractivity contribution in [1.82, 2.24) is 14.7 Å². The third-order valence-electron chi connectivity index (χ3n) is 7.52. The molecule has 5 rings (SSSR count). The van der Waals surface area contributed by atoms with Gasteiger partial charge in [-0.25, -0.2) is 0 Å². The number of rotatable bonds is 5. The molecule has 0 saturated carbocycles. The molecule has 7 heteroatoms. The molecule has 3 aromatic carbocycles. The van der Waals surface area contributed by atoms with Gasteiger partial charge in [0.25, 0.3) is 11.8 Å². The van der Waals surface area contributed by atoms with Crippen LogP contribution in [-0.4, -0.2) is 78.4 Å². The third kappa shape index (κ3) is 4.69. The molecule has 0 bridgehead atoms. The van der Waals surface area contributed by atoms with Gasteiger partial charge in [0.1, 0.15) is 12.1 Å². The fourth-order valence-corrected chi connectivity index (χ4v) is 5.33. The quantitative estimate of drug-likeness (QED) is 0.540. The van der Waals surface area contributed by atoms with Crippen molar-refractivity contribution < 1.29 is 14.4 Å². The van der Waals surface area contributed by atoms with Crippen molar-refractivity contribution in [2.45, 2.75) is 18.4 Å². The summed E-state index contributed by atoms with van der Waals surface area (Å²) in [6.07, 6.45) is 1.03. The second-order valence-corrected chi connectivity index (χ2v) is 9.96. The largest absolute Gasteiger partial charge is 0.347 e. The Morgan fingerprint density at radius 1 is 0.811 bits per heavy atom. The number of likely N-dealkylation sites (N-methyl/N-ethyl adjacent to an activating group) is 1. The van der Waals surface area contributed by atoms with Crippen LogP contribution in [0.2, 0.25) is 0 Å². The number of hydrogen-bond donors (Lipinski definition) is 0. The highest BCUT2D eigenvalue weighted by molar-refractivity contribution is 5.98. The predicted octanol–water partition coefficient (Wildman–Crippen LogP) is 3.72. The number of para-hydroxylation sites is 1. The molecule has 2 aliphatic heterocycles. The van der Waals surface area contributed by atoms with Gasteiger partial charge >= 0.3 is 0 Å². The molecule has 0 aliphatic carbocycles. The molecule has 0 aromatic heterocycles. The minimum Gasteiger partial charge on any atom is -0.347 e. The van der Waals surface area contributed by atoms with Gasteiger partial charge in [0, 0.05) is 38.4 Å². The van der Waals surface area contributed by atoms with Crippen LogP contribution >= 0.6 is 0 Å². The monoisotopic (exact) mass is 496 g/mol. The van der Waals surface area contributed by atoms with Crippen molar-refractivity contribution >= 4 is 23.4 Å². The lowest BCUT2D eigenvalue weighted by atomic mass is 9.85. The van der Waals surface area contributed by atoms with E-state index in [9.17, 15) is 14.4 Å². The number of carbonyl (C=O) groups excluding carboxylic acids is 3. The van der Waals surface area contributed by atoms with Crippen molar-refractivity contribution in [3.8, 4) is 11.1 Å². The van der Waals surface area contributed by atoms with Crippen LogP contribution in [0.25, 0.3) is 11.1 Å². The second kappa shape index (κ2) is 10.1. The maximum atomic E-state index is 13.8. The zero-order valence-electron chi connectivity index (χ0n) is 21.3. The molecular weight excluding hydrogens is 464 g/mol. The first kappa shape index (κ1) is 24.6. The highest BCUT2D eigenvalue weighted by Gasteiger charge is 2.54. The van der Waals surface area contributed by atoms with Crippen LogP contribution in [0, 0.1) is 0 Å². The summed E-state index contributed by atoms with van der Waals surface area (Å²) >= 11 is 0. The minimum atomic E-state index is -0.762. The number of nitrogens with zero attached hydrogens (tertiary/aromatic N) is 4. The average Bonchev–Trinajstić information content (AvgIpc) is 3.20. The summed E-state index contributed by atoms with van der Waals surface area (Å²) in [5.74, 6) is -0.165. The smallest absolute Gasteiger partial charge is 0.253 e. The first-order valence-electron chi connectivity index (χ1n) is 12.7. The van der Waals surface area contributed by atoms with Gasteiger partial charge in [-0.3, -0.25) is 14.4 Å². The summed E-state index contributed by atoms with van der Waals surface area (Å²) in [5.41, 5.74) is 3.01. The molecule has 2 saturated heterocycles. The number of benzene rings is 3. The molecule has 0 unspecified atom stereocenters. The van der Waals surface area contributed by atoms with E-state index in [1.54, 1.807) is 19.0 Å². The molecule has 0 radical (unpaired) electrons. The Kier molecular flexibility index (Phi) is 6.70. The molecule has 3 amide bonds. The number of anilines is 1. The molecule has 2 heterocycles. The first-order valence-corrected chi connectivity index (χ1v) is 12.7. The van der Waals surface area contributed by atoms with E-state index in [0.29, 0.717) is 38.2 Å². The lowest BCUT2D eigenvalue weighted by molar-refractivity contribution is -0.139. The maximum Gasteiger partial charge on any atom is 0.253 e. The van der Waals surface area contributed by atoms with Gasteiger partial charge in [-0.2, -0.15) is 0 Å². The van der Waals surface area contributed by atoms with E-state index in [1.165, 1.54) is 4.90 Å². The van der Waals surface area contributed by atoms with Gasteiger partial charge < -0.3 is 19.6 Å². The summed E-state index contributed by atoms with van der Waals surface area (Å²) in [6, 6.07) is 27.6. The molecule has 2 aliphatic rings. The van der Waals surface area contributed by atoms with E-state index in [2.05, 4.69) is 4.90 Å². The summed E-state index contributed by atoms with van der Waals surface area (Å²) in [7, 11) is 3.40. The van der Waals surface area contributed by atoms with E-state index in [0.717, 1.165) is 16.8 Å². The lowest BCUT2D eigenvalue weighted by Gasteiger charge is -2.43. The third-order valence-corrected chi connectivity index (χ3v) is 7.52. The number of carbonyl (C=O) groups is 3. The fraction of sp³-hybridized carbons (Fsp3) is 0.300. The van der Waals surface area contributed by atoms with Crippen LogP contribution < -0.4 is 4.90 Å². The van der Waals surface area contributed by atoms with E-state index < -0.39 is 5.54 Å². The summed E-state index contributed by atoms with van der Waals surface area (Å²) in [6.45, 7) is 1.36. The highest BCUT2D eigenvalue weighted by atomic mass is 16.2. The summed E-state index contributed by atoms with van der Waals surface area (Å²) < 4.78 is 0. The summed E-state index contributed by atoms with van der Waals surface area (Å²) in [4.78, 5) is 46.6. The van der Waals surface area contributed by atoms with Crippen molar-refractivity contribution in [3.05, 3.63) is 90.5 Å². The van der Waals surface area contributed by atoms with Gasteiger partial charge in [0.05, 0.1) is 6.67 Å². The van der Waals surface area contributed by atoms with Gasteiger partial charge in [0.15, 0.2) is 0 Å². The maximum absolute atomic E-state index is 13.8. The molecule has 7 nitrogen and oxygen atoms in total. The standard InChI is InChI=1S/C30H32N4O3/c1-31(2)27(35)21-33-22-34(26-11-7-4-8-12-26)30(29(33)37)17-19-32(20-18-30)28(36)25-15-13-24(14-16-25)23-9-5-3-6-10-23/h3-16H,17-22H2,1-2H3. The zero-order chi connectivity index (χ0) is 26.0. The number of piperidine rings is 1. The van der Waals surface area contributed by atoms with Gasteiger partial charge in [-0.15, -0.1) is 0 Å². The van der Waals surface area contributed by atoms with Crippen LogP contribution in [0.1, 0.15) is 23.2 Å². The summed E-state index contributed by atoms with van der Waals surface area (Å²) in [5, 5.41) is 0. The normalized spacial score (nSPS) is 16.8. The van der Waals surface area contributed by atoms with Crippen LogP contribution in [0.3, 0.4) is 0 Å². The van der Waals surface area contributed by atoms with Crippen LogP contribution in [0.5, 0.6) is 0 Å². The van der Waals surface area contributed by atoms with Crippen LogP contribution in [-0.2, 0) is 9.59 Å². The Hall–Kier alpha value is -4.13. The van der Waals surface area contributed by atoms with Crippen molar-refractivity contribution in [2.75, 3.05) is 45.3 Å². The predicted molar refractivity (Wildman–Crippen MR) is 144 cm³/mol. The molecule has 1 spiro atoms. The minimum absolute atomic E-state index is 0.0224. The molecular formula is C30H32N4O3. The average molecular weight is 497 g/mol. The van der Waals surface area contributed by atoms with Crippen molar-refractivity contribution in [1.29, 1.82) is 0 Å². The number of likely N-dealkylation sites (tertiary alicyclic amines) is 1. The van der Waals surface area contributed by atoms with E-state index in [1.807, 2.05) is 89.8 Å². The van der Waals surface area contributed by atoms with Gasteiger partial charge in [-0.05, 0) is 48.2 Å². The van der Waals surface area contributed by atoms with Crippen LogP contribution in [0.4, 0.5) is 5.69 Å². The Labute approximate surface area is 217 Å². The number of amides is 3. The topological polar surface area (TPSA) is 64.2 Å². The Morgan fingerprint density at radius 2 is 1.38 bits per heavy atom. The Morgan fingerprint density at radius 3 is 1.97 bits per heavy atom. The molecule has 37 heavy (non-hydrogen) atoms. The number of hydrogen-bond acceptors (Lipinski definition) is 4. The lowest BCUT2D eigenvalue weighted by Crippen LogP contribution is -2.57. The van der Waals surface area contributed by atoms with E-state index in [4.69, 9.17) is 0 Å². The highest BCUT2D eigenvalue weighted by Crippen LogP contribution is 2.39. The fourth-order valence-electron chi connectivity index (χ4n) is 5.33. The Bertz CT molecular complexity index is 1270. The van der Waals surface area contributed by atoms with E-state index in [-0.39, 0.29) is 24.3 Å². The molecule has 190 valence electrons. The molecule has 3 aromatic rings. The zero-order valence-corrected chi connectivity index (χ0v) is 21.3. The first-order chi connectivity index (χ1) is 17.9. The Balaban J connectivity index is 1.33. The second-order valence-electron chi connectivity index (χ2n) is 9.96.